The minimum Gasteiger partial charge on any atom is -0.434 e. The molecule has 0 atom stereocenters. The van der Waals surface area contributed by atoms with E-state index >= 15 is 0 Å². The van der Waals surface area contributed by atoms with Crippen molar-refractivity contribution in [3.8, 4) is 5.75 Å². The molecule has 4 nitrogen and oxygen atoms in total. The van der Waals surface area contributed by atoms with Crippen molar-refractivity contribution >= 4 is 11.9 Å². The average Bonchev–Trinajstić information content (AvgIpc) is 2.75. The number of rotatable bonds is 2. The fourth-order valence-electron chi connectivity index (χ4n) is 1.40. The lowest BCUT2D eigenvalue weighted by molar-refractivity contribution is -0.138. The molecular formula is C12H8F3NO3. The van der Waals surface area contributed by atoms with Crippen LogP contribution in [-0.4, -0.2) is 5.97 Å². The predicted octanol–water partition coefficient (Wildman–Crippen LogP) is 3.10. The van der Waals surface area contributed by atoms with Gasteiger partial charge in [0.1, 0.15) is 5.75 Å². The molecule has 0 aliphatic rings. The summed E-state index contributed by atoms with van der Waals surface area (Å²) in [7, 11) is 0. The number of carbonyl (C=O) groups is 1. The second-order valence-electron chi connectivity index (χ2n) is 3.59. The number of anilines is 1. The van der Waals surface area contributed by atoms with Gasteiger partial charge in [-0.25, -0.2) is 4.79 Å². The maximum atomic E-state index is 12.7. The summed E-state index contributed by atoms with van der Waals surface area (Å²) in [4.78, 5) is 11.6. The lowest BCUT2D eigenvalue weighted by atomic mass is 10.2. The first-order valence-corrected chi connectivity index (χ1v) is 5.11. The molecule has 2 aromatic rings. The van der Waals surface area contributed by atoms with E-state index in [0.29, 0.717) is 0 Å². The maximum Gasteiger partial charge on any atom is 0.419 e. The van der Waals surface area contributed by atoms with E-state index in [0.717, 1.165) is 12.1 Å². The van der Waals surface area contributed by atoms with Crippen LogP contribution in [0.25, 0.3) is 0 Å². The monoisotopic (exact) mass is 271 g/mol. The minimum atomic E-state index is -4.61. The first-order valence-electron chi connectivity index (χ1n) is 5.11. The Morgan fingerprint density at radius 3 is 2.42 bits per heavy atom. The Kier molecular flexibility index (Phi) is 3.20. The van der Waals surface area contributed by atoms with Crippen molar-refractivity contribution in [2.75, 3.05) is 5.73 Å². The van der Waals surface area contributed by atoms with Crippen molar-refractivity contribution in [2.24, 2.45) is 0 Å². The zero-order valence-corrected chi connectivity index (χ0v) is 9.40. The molecule has 0 aliphatic carbocycles. The molecule has 19 heavy (non-hydrogen) atoms. The van der Waals surface area contributed by atoms with Crippen molar-refractivity contribution in [2.45, 2.75) is 6.18 Å². The quantitative estimate of drug-likeness (QED) is 0.673. The Morgan fingerprint density at radius 1 is 1.16 bits per heavy atom. The topological polar surface area (TPSA) is 65.5 Å². The van der Waals surface area contributed by atoms with E-state index in [2.05, 4.69) is 4.74 Å². The summed E-state index contributed by atoms with van der Waals surface area (Å²) in [5.41, 5.74) is 4.22. The van der Waals surface area contributed by atoms with Gasteiger partial charge in [0.05, 0.1) is 5.56 Å². The van der Waals surface area contributed by atoms with Gasteiger partial charge in [-0.15, -0.1) is 0 Å². The third-order valence-corrected chi connectivity index (χ3v) is 2.22. The van der Waals surface area contributed by atoms with E-state index in [4.69, 9.17) is 10.2 Å². The maximum absolute atomic E-state index is 12.7. The first-order chi connectivity index (χ1) is 8.88. The van der Waals surface area contributed by atoms with E-state index in [1.165, 1.54) is 24.3 Å². The zero-order valence-electron chi connectivity index (χ0n) is 9.40. The van der Waals surface area contributed by atoms with Gasteiger partial charge in [0.15, 0.2) is 5.88 Å². The van der Waals surface area contributed by atoms with Crippen molar-refractivity contribution < 1.29 is 27.1 Å². The number of hydrogen-bond donors (Lipinski definition) is 1. The molecule has 0 saturated heterocycles. The Hall–Kier alpha value is -2.44. The van der Waals surface area contributed by atoms with Crippen LogP contribution < -0.4 is 10.5 Å². The first kappa shape index (κ1) is 13.0. The van der Waals surface area contributed by atoms with Crippen LogP contribution >= 0.6 is 0 Å². The summed E-state index contributed by atoms with van der Waals surface area (Å²) in [5.74, 6) is -1.94. The molecule has 0 amide bonds. The fraction of sp³-hybridized carbons (Fsp3) is 0.0833. The highest BCUT2D eigenvalue weighted by molar-refractivity contribution is 5.88. The molecule has 0 spiro atoms. The second-order valence-corrected chi connectivity index (χ2v) is 3.59. The zero-order chi connectivity index (χ0) is 14.0. The molecule has 7 heteroatoms. The number of nitrogens with two attached hydrogens (primary N) is 1. The smallest absolute Gasteiger partial charge is 0.419 e. The van der Waals surface area contributed by atoms with Gasteiger partial charge in [0.2, 0.25) is 5.76 Å². The Bertz CT molecular complexity index is 604. The lowest BCUT2D eigenvalue weighted by Crippen LogP contribution is -2.13. The third kappa shape index (κ3) is 2.87. The van der Waals surface area contributed by atoms with Crippen molar-refractivity contribution in [1.29, 1.82) is 0 Å². The average molecular weight is 271 g/mol. The van der Waals surface area contributed by atoms with Crippen molar-refractivity contribution in [1.82, 2.24) is 0 Å². The molecule has 0 bridgehead atoms. The third-order valence-electron chi connectivity index (χ3n) is 2.22. The molecule has 0 fully saturated rings. The molecule has 1 aromatic carbocycles. The Morgan fingerprint density at radius 2 is 1.84 bits per heavy atom. The summed E-state index contributed by atoms with van der Waals surface area (Å²) in [5, 5.41) is 0. The van der Waals surface area contributed by atoms with Gasteiger partial charge in [-0.2, -0.15) is 13.2 Å². The number of alkyl halides is 3. The van der Waals surface area contributed by atoms with Gasteiger partial charge >= 0.3 is 12.1 Å². The highest BCUT2D eigenvalue weighted by Gasteiger charge is 2.34. The van der Waals surface area contributed by atoms with Crippen LogP contribution in [0.15, 0.2) is 40.8 Å². The number of para-hydroxylation sites is 1. The summed E-state index contributed by atoms with van der Waals surface area (Å²) in [6.07, 6.45) is -4.61. The van der Waals surface area contributed by atoms with E-state index in [9.17, 15) is 18.0 Å². The Balaban J connectivity index is 2.27. The normalized spacial score (nSPS) is 11.3. The molecule has 2 N–H and O–H groups in total. The molecule has 1 heterocycles. The van der Waals surface area contributed by atoms with Crippen molar-refractivity contribution in [3.05, 3.63) is 47.7 Å². The molecule has 0 radical (unpaired) electrons. The predicted molar refractivity (Wildman–Crippen MR) is 59.5 cm³/mol. The molecule has 100 valence electrons. The van der Waals surface area contributed by atoms with Crippen LogP contribution in [0, 0.1) is 0 Å². The number of furan rings is 1. The summed E-state index contributed by atoms with van der Waals surface area (Å²) in [6, 6.07) is 6.91. The van der Waals surface area contributed by atoms with Crippen LogP contribution in [0.1, 0.15) is 16.1 Å². The number of ether oxygens (including phenoxy) is 1. The van der Waals surface area contributed by atoms with Gasteiger partial charge in [-0.05, 0) is 18.2 Å². The van der Waals surface area contributed by atoms with Gasteiger partial charge in [-0.1, -0.05) is 12.1 Å². The van der Waals surface area contributed by atoms with Gasteiger partial charge in [-0.3, -0.25) is 0 Å². The molecular weight excluding hydrogens is 263 g/mol. The largest absolute Gasteiger partial charge is 0.434 e. The van der Waals surface area contributed by atoms with E-state index in [-0.39, 0.29) is 11.6 Å². The lowest BCUT2D eigenvalue weighted by Gasteiger charge is -2.11. The van der Waals surface area contributed by atoms with Crippen LogP contribution in [-0.2, 0) is 6.18 Å². The number of benzene rings is 1. The highest BCUT2D eigenvalue weighted by Crippen LogP contribution is 2.36. The molecule has 2 rings (SSSR count). The summed E-state index contributed by atoms with van der Waals surface area (Å²) in [6.45, 7) is 0. The number of carbonyl (C=O) groups excluding carboxylic acids is 1. The number of nitrogen functional groups attached to an aromatic ring is 1. The minimum absolute atomic E-state index is 0.0314. The fourth-order valence-corrected chi connectivity index (χ4v) is 1.40. The molecule has 1 aromatic heterocycles. The molecule has 0 unspecified atom stereocenters. The highest BCUT2D eigenvalue weighted by atomic mass is 19.4. The van der Waals surface area contributed by atoms with Crippen LogP contribution in [0.4, 0.5) is 19.1 Å². The summed E-state index contributed by atoms with van der Waals surface area (Å²) >= 11 is 0. The Labute approximate surface area is 105 Å². The van der Waals surface area contributed by atoms with E-state index in [1.54, 1.807) is 0 Å². The SMILES string of the molecule is Nc1ccc(C(=O)Oc2ccccc2C(F)(F)F)o1. The van der Waals surface area contributed by atoms with E-state index in [1.807, 2.05) is 0 Å². The van der Waals surface area contributed by atoms with Crippen LogP contribution in [0.2, 0.25) is 0 Å². The second kappa shape index (κ2) is 4.68. The van der Waals surface area contributed by atoms with Crippen LogP contribution in [0.5, 0.6) is 5.75 Å². The summed E-state index contributed by atoms with van der Waals surface area (Å²) < 4.78 is 47.4. The van der Waals surface area contributed by atoms with Gasteiger partial charge < -0.3 is 14.9 Å². The van der Waals surface area contributed by atoms with Crippen LogP contribution in [0.3, 0.4) is 0 Å². The van der Waals surface area contributed by atoms with Gasteiger partial charge in [0.25, 0.3) is 0 Å². The number of hydrogen-bond acceptors (Lipinski definition) is 4. The van der Waals surface area contributed by atoms with E-state index < -0.39 is 23.5 Å². The molecule has 0 saturated carbocycles. The molecule has 0 aliphatic heterocycles. The van der Waals surface area contributed by atoms with Crippen molar-refractivity contribution in [3.63, 3.8) is 0 Å². The number of esters is 1. The van der Waals surface area contributed by atoms with Gasteiger partial charge in [0, 0.05) is 6.07 Å². The standard InChI is InChI=1S/C12H8F3NO3/c13-12(14,15)7-3-1-2-4-8(7)19-11(17)9-5-6-10(16)18-9/h1-6H,16H2. The number of halogens is 3.